The van der Waals surface area contributed by atoms with Crippen LogP contribution in [-0.2, 0) is 4.84 Å². The largest absolute Gasteiger partial charge is 0.352 e. The van der Waals surface area contributed by atoms with Crippen LogP contribution in [-0.4, -0.2) is 17.8 Å². The number of amidine groups is 1. The van der Waals surface area contributed by atoms with Gasteiger partial charge >= 0.3 is 6.02 Å². The van der Waals surface area contributed by atoms with E-state index in [1.807, 2.05) is 0 Å². The van der Waals surface area contributed by atoms with Crippen LogP contribution in [0.25, 0.3) is 0 Å². The summed E-state index contributed by atoms with van der Waals surface area (Å²) in [7, 11) is 0. The summed E-state index contributed by atoms with van der Waals surface area (Å²) in [6.07, 6.45) is 12.0. The highest BCUT2D eigenvalue weighted by molar-refractivity contribution is 5.85. The molecule has 0 atom stereocenters. The van der Waals surface area contributed by atoms with E-state index in [0.29, 0.717) is 6.04 Å². The molecular weight excluding hydrogens is 214 g/mol. The van der Waals surface area contributed by atoms with Crippen LogP contribution in [0.15, 0.2) is 10.1 Å². The molecular formula is C13H23N3O. The van der Waals surface area contributed by atoms with Gasteiger partial charge in [0.05, 0.1) is 11.8 Å². The van der Waals surface area contributed by atoms with Gasteiger partial charge in [-0.3, -0.25) is 0 Å². The van der Waals surface area contributed by atoms with Gasteiger partial charge in [-0.1, -0.05) is 30.8 Å². The maximum absolute atomic E-state index is 5.74. The lowest BCUT2D eigenvalue weighted by Gasteiger charge is -2.17. The third kappa shape index (κ3) is 4.36. The van der Waals surface area contributed by atoms with Crippen molar-refractivity contribution < 1.29 is 4.84 Å². The molecule has 4 heteroatoms. The Kier molecular flexibility index (Phi) is 4.83. The zero-order chi connectivity index (χ0) is 11.9. The van der Waals surface area contributed by atoms with Gasteiger partial charge < -0.3 is 10.6 Å². The van der Waals surface area contributed by atoms with E-state index >= 15 is 0 Å². The number of oxime groups is 1. The zero-order valence-corrected chi connectivity index (χ0v) is 10.5. The fraction of sp³-hybridized carbons (Fsp3) is 0.846. The number of nitrogens with zero attached hydrogens (tertiary/aromatic N) is 2. The van der Waals surface area contributed by atoms with Crippen LogP contribution >= 0.6 is 0 Å². The third-order valence-electron chi connectivity index (χ3n) is 3.58. The molecule has 17 heavy (non-hydrogen) atoms. The molecule has 96 valence electrons. The van der Waals surface area contributed by atoms with Crippen LogP contribution < -0.4 is 5.73 Å². The molecule has 0 aromatic rings. The van der Waals surface area contributed by atoms with Crippen molar-refractivity contribution in [2.45, 2.75) is 70.3 Å². The van der Waals surface area contributed by atoms with Crippen molar-refractivity contribution in [2.75, 3.05) is 0 Å². The van der Waals surface area contributed by atoms with Gasteiger partial charge in [0.15, 0.2) is 0 Å². The number of hydrogen-bond donors (Lipinski definition) is 1. The smallest absolute Gasteiger partial charge is 0.312 e. The zero-order valence-electron chi connectivity index (χ0n) is 10.5. The van der Waals surface area contributed by atoms with Crippen LogP contribution in [0, 0.1) is 0 Å². The second-order valence-electron chi connectivity index (χ2n) is 5.07. The molecule has 0 radical (unpaired) electrons. The Morgan fingerprint density at radius 1 is 1.00 bits per heavy atom. The Labute approximate surface area is 103 Å². The van der Waals surface area contributed by atoms with E-state index in [-0.39, 0.29) is 6.02 Å². The maximum Gasteiger partial charge on any atom is 0.312 e. The quantitative estimate of drug-likeness (QED) is 0.456. The van der Waals surface area contributed by atoms with Gasteiger partial charge in [0.2, 0.25) is 0 Å². The van der Waals surface area contributed by atoms with E-state index < -0.39 is 0 Å². The van der Waals surface area contributed by atoms with Gasteiger partial charge in [-0.2, -0.15) is 0 Å². The minimum Gasteiger partial charge on any atom is -0.352 e. The molecule has 0 unspecified atom stereocenters. The van der Waals surface area contributed by atoms with Crippen molar-refractivity contribution in [3.8, 4) is 0 Å². The summed E-state index contributed by atoms with van der Waals surface area (Å²) in [5.74, 6) is 0. The number of rotatable bonds is 2. The molecule has 0 amide bonds. The predicted molar refractivity (Wildman–Crippen MR) is 70.1 cm³/mol. The summed E-state index contributed by atoms with van der Waals surface area (Å²) < 4.78 is 0. The third-order valence-corrected chi connectivity index (χ3v) is 3.58. The minimum atomic E-state index is 0.245. The second-order valence-corrected chi connectivity index (χ2v) is 5.07. The summed E-state index contributed by atoms with van der Waals surface area (Å²) >= 11 is 0. The van der Waals surface area contributed by atoms with E-state index in [1.54, 1.807) is 0 Å². The van der Waals surface area contributed by atoms with Crippen LogP contribution in [0.4, 0.5) is 0 Å². The molecule has 2 saturated carbocycles. The van der Waals surface area contributed by atoms with Gasteiger partial charge in [0.25, 0.3) is 0 Å². The average molecular weight is 237 g/mol. The lowest BCUT2D eigenvalue weighted by atomic mass is 9.96. The standard InChI is InChI=1S/C13H23N3O/c14-13(15-11-7-3-1-4-8-11)17-16-12-9-5-2-6-10-12/h11H,1-10H2,(H2,14,15). The highest BCUT2D eigenvalue weighted by atomic mass is 16.6. The molecule has 0 aliphatic heterocycles. The topological polar surface area (TPSA) is 60.0 Å². The van der Waals surface area contributed by atoms with Crippen LogP contribution in [0.5, 0.6) is 0 Å². The summed E-state index contributed by atoms with van der Waals surface area (Å²) in [4.78, 5) is 9.59. The summed E-state index contributed by atoms with van der Waals surface area (Å²) in [5.41, 5.74) is 6.88. The summed E-state index contributed by atoms with van der Waals surface area (Å²) in [5, 5.41) is 4.11. The van der Waals surface area contributed by atoms with Crippen LogP contribution in [0.3, 0.4) is 0 Å². The monoisotopic (exact) mass is 237 g/mol. The molecule has 0 bridgehead atoms. The minimum absolute atomic E-state index is 0.245. The highest BCUT2D eigenvalue weighted by Gasteiger charge is 2.13. The van der Waals surface area contributed by atoms with Crippen molar-refractivity contribution in [2.24, 2.45) is 15.9 Å². The SMILES string of the molecule is NC(=NC1CCCCC1)ON=C1CCCCC1. The van der Waals surface area contributed by atoms with Crippen molar-refractivity contribution in [3.05, 3.63) is 0 Å². The van der Waals surface area contributed by atoms with Gasteiger partial charge in [-0.25, -0.2) is 4.99 Å². The number of nitrogens with two attached hydrogens (primary N) is 1. The Morgan fingerprint density at radius 2 is 1.65 bits per heavy atom. The number of hydrogen-bond acceptors (Lipinski definition) is 3. The van der Waals surface area contributed by atoms with E-state index in [9.17, 15) is 0 Å². The van der Waals surface area contributed by atoms with Crippen molar-refractivity contribution in [1.29, 1.82) is 0 Å². The second kappa shape index (κ2) is 6.62. The molecule has 2 aliphatic rings. The van der Waals surface area contributed by atoms with E-state index in [0.717, 1.165) is 31.4 Å². The Hall–Kier alpha value is -1.06. The normalized spacial score (nSPS) is 23.5. The predicted octanol–water partition coefficient (Wildman–Crippen LogP) is 2.97. The molecule has 0 spiro atoms. The molecule has 0 heterocycles. The Bertz CT molecular complexity index is 285. The highest BCUT2D eigenvalue weighted by Crippen LogP contribution is 2.20. The molecule has 0 saturated heterocycles. The molecule has 2 N–H and O–H groups in total. The maximum atomic E-state index is 5.74. The first-order valence-corrected chi connectivity index (χ1v) is 6.90. The Balaban J connectivity index is 1.78. The first-order valence-electron chi connectivity index (χ1n) is 6.90. The molecule has 2 rings (SSSR count). The summed E-state index contributed by atoms with van der Waals surface area (Å²) in [6, 6.07) is 0.602. The molecule has 0 aromatic carbocycles. The van der Waals surface area contributed by atoms with Gasteiger partial charge in [-0.15, -0.1) is 0 Å². The van der Waals surface area contributed by atoms with Crippen LogP contribution in [0.1, 0.15) is 64.2 Å². The van der Waals surface area contributed by atoms with Crippen molar-refractivity contribution >= 4 is 11.7 Å². The number of aliphatic imine (C=N–C) groups is 1. The fourth-order valence-corrected chi connectivity index (χ4v) is 2.58. The molecule has 2 aliphatic carbocycles. The van der Waals surface area contributed by atoms with Crippen molar-refractivity contribution in [1.82, 2.24) is 0 Å². The summed E-state index contributed by atoms with van der Waals surface area (Å²) in [6.45, 7) is 0. The lowest BCUT2D eigenvalue weighted by molar-refractivity contribution is 0.310. The van der Waals surface area contributed by atoms with E-state index in [2.05, 4.69) is 10.1 Å². The van der Waals surface area contributed by atoms with Gasteiger partial charge in [0.1, 0.15) is 0 Å². The first-order chi connectivity index (χ1) is 8.34. The van der Waals surface area contributed by atoms with Crippen molar-refractivity contribution in [3.63, 3.8) is 0 Å². The molecule has 0 aromatic heterocycles. The van der Waals surface area contributed by atoms with Gasteiger partial charge in [-0.05, 0) is 38.5 Å². The van der Waals surface area contributed by atoms with E-state index in [4.69, 9.17) is 10.6 Å². The first kappa shape index (κ1) is 12.4. The fourth-order valence-electron chi connectivity index (χ4n) is 2.58. The van der Waals surface area contributed by atoms with E-state index in [1.165, 1.54) is 38.5 Å². The van der Waals surface area contributed by atoms with Crippen LogP contribution in [0.2, 0.25) is 0 Å². The lowest BCUT2D eigenvalue weighted by Crippen LogP contribution is -2.20. The average Bonchev–Trinajstić information content (AvgIpc) is 2.39. The Morgan fingerprint density at radius 3 is 2.35 bits per heavy atom. The molecule has 4 nitrogen and oxygen atoms in total. The van der Waals surface area contributed by atoms with Gasteiger partial charge in [0, 0.05) is 0 Å². The molecule has 2 fully saturated rings.